The molecule has 1 aliphatic rings. The van der Waals surface area contributed by atoms with Crippen LogP contribution in [0.3, 0.4) is 0 Å². The van der Waals surface area contributed by atoms with Gasteiger partial charge in [-0.1, -0.05) is 13.3 Å². The Morgan fingerprint density at radius 3 is 2.82 bits per heavy atom. The number of nitrogens with zero attached hydrogens (tertiary/aromatic N) is 2. The Bertz CT molecular complexity index is 528. The van der Waals surface area contributed by atoms with E-state index < -0.39 is 22.8 Å². The second-order valence-electron chi connectivity index (χ2n) is 5.29. The van der Waals surface area contributed by atoms with Gasteiger partial charge in [-0.15, -0.1) is 0 Å². The zero-order valence-electron chi connectivity index (χ0n) is 12.6. The van der Waals surface area contributed by atoms with E-state index in [1.807, 2.05) is 0 Å². The number of carbonyl (C=O) groups is 1. The van der Waals surface area contributed by atoms with Gasteiger partial charge in [0.2, 0.25) is 5.75 Å². The predicted molar refractivity (Wildman–Crippen MR) is 78.6 cm³/mol. The molecule has 1 unspecified atom stereocenters. The minimum absolute atomic E-state index is 0.0139. The predicted octanol–water partition coefficient (Wildman–Crippen LogP) is 3.02. The number of hydrogen-bond acceptors (Lipinski definition) is 6. The van der Waals surface area contributed by atoms with Crippen LogP contribution in [0.25, 0.3) is 0 Å². The fraction of sp³-hybridized carbons (Fsp3) is 0.600. The van der Waals surface area contributed by atoms with Crippen LogP contribution < -0.4 is 4.74 Å². The largest absolute Gasteiger partial charge is 0.470 e. The molecule has 0 N–H and O–H groups in total. The number of carbonyl (C=O) groups excluding carboxylic acids is 1. The summed E-state index contributed by atoms with van der Waals surface area (Å²) in [5.74, 6) is -0.876. The molecule has 2 rings (SSSR count). The summed E-state index contributed by atoms with van der Waals surface area (Å²) >= 11 is 0. The molecule has 1 atom stereocenters. The van der Waals surface area contributed by atoms with E-state index in [1.54, 1.807) is 6.92 Å². The maximum atomic E-state index is 12.2. The van der Waals surface area contributed by atoms with Gasteiger partial charge in [0.25, 0.3) is 0 Å². The van der Waals surface area contributed by atoms with Gasteiger partial charge in [0.15, 0.2) is 6.10 Å². The lowest BCUT2D eigenvalue weighted by molar-refractivity contribution is -0.390. The molecule has 0 spiro atoms. The van der Waals surface area contributed by atoms with Crippen LogP contribution in [0.1, 0.15) is 45.4 Å². The topological polar surface area (TPSA) is 91.6 Å². The van der Waals surface area contributed by atoms with Crippen LogP contribution in [-0.4, -0.2) is 28.1 Å². The highest BCUT2D eigenvalue weighted by Crippen LogP contribution is 2.26. The fourth-order valence-corrected chi connectivity index (χ4v) is 2.49. The molecule has 0 bridgehead atoms. The molecule has 0 saturated heterocycles. The smallest absolute Gasteiger partial charge is 0.406 e. The third kappa shape index (κ3) is 4.16. The Hall–Kier alpha value is -2.18. The first-order chi connectivity index (χ1) is 10.6. The third-order valence-corrected chi connectivity index (χ3v) is 3.66. The first-order valence-electron chi connectivity index (χ1n) is 7.58. The average molecular weight is 308 g/mol. The number of esters is 1. The molecule has 1 aromatic heterocycles. The third-order valence-electron chi connectivity index (χ3n) is 3.66. The number of hydrogen-bond donors (Lipinski definition) is 0. The van der Waals surface area contributed by atoms with E-state index in [-0.39, 0.29) is 11.9 Å². The number of ether oxygens (including phenoxy) is 2. The Balaban J connectivity index is 2.02. The van der Waals surface area contributed by atoms with Gasteiger partial charge < -0.3 is 19.6 Å². The number of pyridine rings is 1. The Morgan fingerprint density at radius 2 is 2.18 bits per heavy atom. The van der Waals surface area contributed by atoms with Crippen molar-refractivity contribution >= 4 is 11.8 Å². The normalized spacial score (nSPS) is 16.8. The minimum Gasteiger partial charge on any atom is -0.470 e. The highest BCUT2D eigenvalue weighted by atomic mass is 16.6. The summed E-state index contributed by atoms with van der Waals surface area (Å²) in [5.41, 5.74) is 0. The highest BCUT2D eigenvalue weighted by Gasteiger charge is 2.27. The molecular formula is C15H20N2O5. The summed E-state index contributed by atoms with van der Waals surface area (Å²) in [6.45, 7) is 1.77. The highest BCUT2D eigenvalue weighted by molar-refractivity contribution is 5.75. The molecule has 120 valence electrons. The molecule has 7 heteroatoms. The average Bonchev–Trinajstić information content (AvgIpc) is 2.53. The van der Waals surface area contributed by atoms with Gasteiger partial charge in [-0.25, -0.2) is 4.79 Å². The summed E-state index contributed by atoms with van der Waals surface area (Å²) < 4.78 is 10.9. The van der Waals surface area contributed by atoms with Crippen molar-refractivity contribution in [1.29, 1.82) is 0 Å². The Labute approximate surface area is 128 Å². The number of nitro groups is 1. The summed E-state index contributed by atoms with van der Waals surface area (Å²) in [7, 11) is 0. The van der Waals surface area contributed by atoms with Crippen LogP contribution in [0.15, 0.2) is 18.3 Å². The standard InChI is InChI=1S/C15H20N2O5/c1-2-12(15(18)21-11-7-4-3-5-8-11)22-13-9-6-10-16-14(13)17(19)20/h6,9-12H,2-5,7-8H2,1H3. The van der Waals surface area contributed by atoms with Gasteiger partial charge in [-0.2, -0.15) is 0 Å². The van der Waals surface area contributed by atoms with E-state index in [9.17, 15) is 14.9 Å². The molecule has 0 aromatic carbocycles. The fourth-order valence-electron chi connectivity index (χ4n) is 2.49. The van der Waals surface area contributed by atoms with Crippen LogP contribution in [0.2, 0.25) is 0 Å². The van der Waals surface area contributed by atoms with Crippen molar-refractivity contribution < 1.29 is 19.2 Å². The molecular weight excluding hydrogens is 288 g/mol. The van der Waals surface area contributed by atoms with Crippen molar-refractivity contribution in [2.24, 2.45) is 0 Å². The van der Waals surface area contributed by atoms with Crippen LogP contribution in [-0.2, 0) is 9.53 Å². The van der Waals surface area contributed by atoms with Gasteiger partial charge in [0.05, 0.1) is 0 Å². The van der Waals surface area contributed by atoms with Gasteiger partial charge in [-0.05, 0) is 54.1 Å². The van der Waals surface area contributed by atoms with Crippen molar-refractivity contribution in [2.45, 2.75) is 57.7 Å². The molecule has 1 saturated carbocycles. The summed E-state index contributed by atoms with van der Waals surface area (Å²) in [4.78, 5) is 26.1. The summed E-state index contributed by atoms with van der Waals surface area (Å²) in [6.07, 6.45) is 5.79. The molecule has 22 heavy (non-hydrogen) atoms. The maximum absolute atomic E-state index is 12.2. The van der Waals surface area contributed by atoms with Crippen molar-refractivity contribution in [3.05, 3.63) is 28.4 Å². The zero-order chi connectivity index (χ0) is 15.9. The van der Waals surface area contributed by atoms with E-state index in [0.717, 1.165) is 25.7 Å². The quantitative estimate of drug-likeness (QED) is 0.455. The zero-order valence-corrected chi connectivity index (χ0v) is 12.6. The molecule has 0 amide bonds. The number of aromatic nitrogens is 1. The van der Waals surface area contributed by atoms with E-state index >= 15 is 0 Å². The van der Waals surface area contributed by atoms with Gasteiger partial charge in [0, 0.05) is 0 Å². The lowest BCUT2D eigenvalue weighted by Gasteiger charge is -2.24. The Kier molecular flexibility index (Phi) is 5.68. The minimum atomic E-state index is -0.857. The molecule has 1 fully saturated rings. The lowest BCUT2D eigenvalue weighted by Crippen LogP contribution is -2.33. The molecule has 1 heterocycles. The summed E-state index contributed by atoms with van der Waals surface area (Å²) in [6, 6.07) is 2.96. The molecule has 7 nitrogen and oxygen atoms in total. The molecule has 0 aliphatic heterocycles. The monoisotopic (exact) mass is 308 g/mol. The maximum Gasteiger partial charge on any atom is 0.406 e. The Morgan fingerprint density at radius 1 is 1.45 bits per heavy atom. The van der Waals surface area contributed by atoms with Crippen LogP contribution >= 0.6 is 0 Å². The van der Waals surface area contributed by atoms with Crippen molar-refractivity contribution in [3.63, 3.8) is 0 Å². The molecule has 0 radical (unpaired) electrons. The van der Waals surface area contributed by atoms with Crippen LogP contribution in [0, 0.1) is 10.1 Å². The van der Waals surface area contributed by atoms with Gasteiger partial charge >= 0.3 is 11.8 Å². The van der Waals surface area contributed by atoms with Crippen LogP contribution in [0.4, 0.5) is 5.82 Å². The SMILES string of the molecule is CCC(Oc1cccnc1[N+](=O)[O-])C(=O)OC1CCCCC1. The first-order valence-corrected chi connectivity index (χ1v) is 7.58. The first kappa shape index (κ1) is 16.2. The molecule has 1 aromatic rings. The van der Waals surface area contributed by atoms with Crippen molar-refractivity contribution in [2.75, 3.05) is 0 Å². The van der Waals surface area contributed by atoms with Gasteiger partial charge in [0.1, 0.15) is 12.3 Å². The van der Waals surface area contributed by atoms with Gasteiger partial charge in [-0.3, -0.25) is 0 Å². The van der Waals surface area contributed by atoms with Crippen LogP contribution in [0.5, 0.6) is 5.75 Å². The van der Waals surface area contributed by atoms with E-state index in [1.165, 1.54) is 24.8 Å². The summed E-state index contributed by atoms with van der Waals surface area (Å²) in [5, 5.41) is 10.9. The van der Waals surface area contributed by atoms with E-state index in [2.05, 4.69) is 4.98 Å². The second kappa shape index (κ2) is 7.72. The molecule has 1 aliphatic carbocycles. The van der Waals surface area contributed by atoms with Crippen molar-refractivity contribution in [3.8, 4) is 5.75 Å². The van der Waals surface area contributed by atoms with Crippen molar-refractivity contribution in [1.82, 2.24) is 4.98 Å². The second-order valence-corrected chi connectivity index (χ2v) is 5.29. The lowest BCUT2D eigenvalue weighted by atomic mass is 9.98. The van der Waals surface area contributed by atoms with E-state index in [0.29, 0.717) is 6.42 Å². The number of rotatable bonds is 6. The van der Waals surface area contributed by atoms with E-state index in [4.69, 9.17) is 9.47 Å².